The second-order valence-corrected chi connectivity index (χ2v) is 4.91. The van der Waals surface area contributed by atoms with Gasteiger partial charge in [0.2, 0.25) is 0 Å². The first kappa shape index (κ1) is 12.2. The van der Waals surface area contributed by atoms with Crippen LogP contribution in [0.3, 0.4) is 0 Å². The second kappa shape index (κ2) is 4.33. The molecule has 0 N–H and O–H groups in total. The van der Waals surface area contributed by atoms with Crippen LogP contribution in [0.15, 0.2) is 0 Å². The molecule has 0 spiro atoms. The SMILES string of the molecule is CC(=O)O[C@@]1(C(C)C)CC[C@@H](C)CC1=O. The molecule has 1 aliphatic carbocycles. The number of hydrogen-bond donors (Lipinski definition) is 0. The predicted octanol–water partition coefficient (Wildman–Crippen LogP) is 2.33. The summed E-state index contributed by atoms with van der Waals surface area (Å²) < 4.78 is 5.31. The van der Waals surface area contributed by atoms with Crippen LogP contribution in [0.4, 0.5) is 0 Å². The van der Waals surface area contributed by atoms with Crippen LogP contribution >= 0.6 is 0 Å². The van der Waals surface area contributed by atoms with E-state index in [0.29, 0.717) is 18.8 Å². The number of hydrogen-bond acceptors (Lipinski definition) is 3. The summed E-state index contributed by atoms with van der Waals surface area (Å²) in [5.41, 5.74) is -0.849. The van der Waals surface area contributed by atoms with Gasteiger partial charge in [0.15, 0.2) is 11.4 Å². The summed E-state index contributed by atoms with van der Waals surface area (Å²) >= 11 is 0. The van der Waals surface area contributed by atoms with Crippen LogP contribution < -0.4 is 0 Å². The molecule has 0 aliphatic heterocycles. The fraction of sp³-hybridized carbons (Fsp3) is 0.833. The third-order valence-electron chi connectivity index (χ3n) is 3.27. The van der Waals surface area contributed by atoms with Crippen LogP contribution in [0.5, 0.6) is 0 Å². The quantitative estimate of drug-likeness (QED) is 0.660. The molecule has 3 heteroatoms. The van der Waals surface area contributed by atoms with Crippen molar-refractivity contribution in [1.29, 1.82) is 0 Å². The number of rotatable bonds is 2. The molecule has 0 aromatic carbocycles. The zero-order chi connectivity index (χ0) is 11.6. The minimum atomic E-state index is -0.849. The van der Waals surface area contributed by atoms with Crippen molar-refractivity contribution in [3.63, 3.8) is 0 Å². The van der Waals surface area contributed by atoms with Crippen LogP contribution in [0.1, 0.15) is 47.0 Å². The van der Waals surface area contributed by atoms with Crippen molar-refractivity contribution < 1.29 is 14.3 Å². The molecule has 0 aromatic rings. The highest BCUT2D eigenvalue weighted by Gasteiger charge is 2.47. The van der Waals surface area contributed by atoms with Crippen molar-refractivity contribution in [2.45, 2.75) is 52.6 Å². The first-order valence-electron chi connectivity index (χ1n) is 5.61. The smallest absolute Gasteiger partial charge is 0.303 e. The largest absolute Gasteiger partial charge is 0.451 e. The van der Waals surface area contributed by atoms with Gasteiger partial charge in [-0.25, -0.2) is 0 Å². The number of esters is 1. The minimum Gasteiger partial charge on any atom is -0.451 e. The van der Waals surface area contributed by atoms with Gasteiger partial charge in [-0.2, -0.15) is 0 Å². The predicted molar refractivity (Wildman–Crippen MR) is 57.4 cm³/mol. The lowest BCUT2D eigenvalue weighted by molar-refractivity contribution is -0.175. The van der Waals surface area contributed by atoms with Gasteiger partial charge in [-0.15, -0.1) is 0 Å². The highest BCUT2D eigenvalue weighted by atomic mass is 16.6. The molecule has 0 saturated heterocycles. The molecule has 1 fully saturated rings. The molecule has 0 radical (unpaired) electrons. The van der Waals surface area contributed by atoms with Crippen LogP contribution in [0.25, 0.3) is 0 Å². The molecule has 1 rings (SSSR count). The Labute approximate surface area is 91.2 Å². The summed E-state index contributed by atoms with van der Waals surface area (Å²) in [7, 11) is 0. The lowest BCUT2D eigenvalue weighted by Crippen LogP contribution is -2.50. The van der Waals surface area contributed by atoms with Crippen LogP contribution in [-0.2, 0) is 14.3 Å². The third-order valence-corrected chi connectivity index (χ3v) is 3.27. The fourth-order valence-corrected chi connectivity index (χ4v) is 2.28. The van der Waals surface area contributed by atoms with Gasteiger partial charge in [0.05, 0.1) is 0 Å². The van der Waals surface area contributed by atoms with Gasteiger partial charge in [0, 0.05) is 19.3 Å². The first-order valence-corrected chi connectivity index (χ1v) is 5.61. The van der Waals surface area contributed by atoms with Crippen LogP contribution in [-0.4, -0.2) is 17.4 Å². The number of ketones is 1. The maximum Gasteiger partial charge on any atom is 0.303 e. The highest BCUT2D eigenvalue weighted by molar-refractivity contribution is 5.90. The normalized spacial score (nSPS) is 31.8. The monoisotopic (exact) mass is 212 g/mol. The van der Waals surface area contributed by atoms with Crippen molar-refractivity contribution in [3.05, 3.63) is 0 Å². The maximum atomic E-state index is 12.0. The summed E-state index contributed by atoms with van der Waals surface area (Å²) in [6.07, 6.45) is 2.16. The number of carbonyl (C=O) groups excluding carboxylic acids is 2. The van der Waals surface area contributed by atoms with Gasteiger partial charge in [-0.05, 0) is 18.8 Å². The Morgan fingerprint density at radius 2 is 2.13 bits per heavy atom. The van der Waals surface area contributed by atoms with Gasteiger partial charge in [-0.1, -0.05) is 20.8 Å². The highest BCUT2D eigenvalue weighted by Crippen LogP contribution is 2.37. The molecule has 3 nitrogen and oxygen atoms in total. The van der Waals surface area contributed by atoms with E-state index in [0.717, 1.165) is 6.42 Å². The average molecular weight is 212 g/mol. The fourth-order valence-electron chi connectivity index (χ4n) is 2.28. The van der Waals surface area contributed by atoms with Crippen LogP contribution in [0, 0.1) is 11.8 Å². The van der Waals surface area contributed by atoms with Gasteiger partial charge in [0.1, 0.15) is 0 Å². The average Bonchev–Trinajstić information content (AvgIpc) is 2.09. The van der Waals surface area contributed by atoms with Crippen LogP contribution in [0.2, 0.25) is 0 Å². The zero-order valence-corrected chi connectivity index (χ0v) is 10.0. The molecule has 0 aromatic heterocycles. The lowest BCUT2D eigenvalue weighted by atomic mass is 9.72. The minimum absolute atomic E-state index is 0.0569. The van der Waals surface area contributed by atoms with Gasteiger partial charge in [0.25, 0.3) is 0 Å². The Morgan fingerprint density at radius 1 is 1.53 bits per heavy atom. The van der Waals surface area contributed by atoms with Crippen molar-refractivity contribution in [1.82, 2.24) is 0 Å². The number of ether oxygens (including phenoxy) is 1. The Morgan fingerprint density at radius 3 is 2.53 bits per heavy atom. The standard InChI is InChI=1S/C12H20O3/c1-8(2)12(15-10(4)13)6-5-9(3)7-11(12)14/h8-9H,5-7H2,1-4H3/t9-,12-/m1/s1. The topological polar surface area (TPSA) is 43.4 Å². The molecule has 86 valence electrons. The Balaban J connectivity index is 2.90. The number of carbonyl (C=O) groups is 2. The van der Waals surface area contributed by atoms with Crippen molar-refractivity contribution >= 4 is 11.8 Å². The van der Waals surface area contributed by atoms with Gasteiger partial charge >= 0.3 is 5.97 Å². The first-order chi connectivity index (χ1) is 6.88. The molecule has 1 aliphatic rings. The van der Waals surface area contributed by atoms with E-state index in [4.69, 9.17) is 4.74 Å². The maximum absolute atomic E-state index is 12.0. The molecule has 0 unspecified atom stereocenters. The second-order valence-electron chi connectivity index (χ2n) is 4.91. The lowest BCUT2D eigenvalue weighted by Gasteiger charge is -2.40. The molecule has 0 bridgehead atoms. The van der Waals surface area contributed by atoms with E-state index < -0.39 is 5.60 Å². The Kier molecular flexibility index (Phi) is 3.53. The third kappa shape index (κ3) is 2.39. The van der Waals surface area contributed by atoms with Crippen molar-refractivity contribution in [3.8, 4) is 0 Å². The molecule has 0 heterocycles. The molecule has 2 atom stereocenters. The zero-order valence-electron chi connectivity index (χ0n) is 10.0. The number of Topliss-reactive ketones (excluding diaryl/α,β-unsaturated/α-hetero) is 1. The summed E-state index contributed by atoms with van der Waals surface area (Å²) in [6.45, 7) is 7.32. The van der Waals surface area contributed by atoms with E-state index in [9.17, 15) is 9.59 Å². The summed E-state index contributed by atoms with van der Waals surface area (Å²) in [5.74, 6) is 0.208. The summed E-state index contributed by atoms with van der Waals surface area (Å²) in [4.78, 5) is 23.1. The van der Waals surface area contributed by atoms with Crippen molar-refractivity contribution in [2.24, 2.45) is 11.8 Å². The van der Waals surface area contributed by atoms with E-state index in [1.165, 1.54) is 6.92 Å². The summed E-state index contributed by atoms with van der Waals surface area (Å²) in [5, 5.41) is 0. The van der Waals surface area contributed by atoms with E-state index in [1.54, 1.807) is 0 Å². The van der Waals surface area contributed by atoms with Gasteiger partial charge < -0.3 is 4.74 Å². The van der Waals surface area contributed by atoms with E-state index in [1.807, 2.05) is 13.8 Å². The molecular formula is C12H20O3. The summed E-state index contributed by atoms with van der Waals surface area (Å²) in [6, 6.07) is 0. The van der Waals surface area contributed by atoms with E-state index in [-0.39, 0.29) is 17.7 Å². The molecule has 15 heavy (non-hydrogen) atoms. The molecular weight excluding hydrogens is 192 g/mol. The van der Waals surface area contributed by atoms with Crippen molar-refractivity contribution in [2.75, 3.05) is 0 Å². The van der Waals surface area contributed by atoms with E-state index >= 15 is 0 Å². The Hall–Kier alpha value is -0.860. The molecule has 1 saturated carbocycles. The van der Waals surface area contributed by atoms with Gasteiger partial charge in [-0.3, -0.25) is 9.59 Å². The molecule has 0 amide bonds. The van der Waals surface area contributed by atoms with E-state index in [2.05, 4.69) is 6.92 Å². The Bertz CT molecular complexity index is 270.